The van der Waals surface area contributed by atoms with Crippen molar-refractivity contribution in [3.8, 4) is 0 Å². The molecule has 2 rings (SSSR count). The van der Waals surface area contributed by atoms with Crippen LogP contribution in [-0.4, -0.2) is 17.0 Å². The molecule has 0 unspecified atom stereocenters. The van der Waals surface area contributed by atoms with Gasteiger partial charge in [-0.2, -0.15) is 0 Å². The zero-order valence-corrected chi connectivity index (χ0v) is 16.5. The van der Waals surface area contributed by atoms with Gasteiger partial charge in [0.25, 0.3) is 5.91 Å². The maximum Gasteiger partial charge on any atom is 0.303 e. The molecule has 25 heavy (non-hydrogen) atoms. The highest BCUT2D eigenvalue weighted by molar-refractivity contribution is 9.10. The molecule has 0 radical (unpaired) electrons. The van der Waals surface area contributed by atoms with E-state index in [-0.39, 0.29) is 12.3 Å². The van der Waals surface area contributed by atoms with Gasteiger partial charge in [0, 0.05) is 21.6 Å². The number of carbonyl (C=O) groups is 2. The van der Waals surface area contributed by atoms with E-state index >= 15 is 0 Å². The highest BCUT2D eigenvalue weighted by Gasteiger charge is 2.17. The summed E-state index contributed by atoms with van der Waals surface area (Å²) in [7, 11) is 0. The predicted molar refractivity (Wildman–Crippen MR) is 104 cm³/mol. The standard InChI is InChI=1S/C18H16BrCl2NO3/c1-2-12-14(20)6-5-13(17(12)21)18(25)22-15-7-4-11(19)9-10(15)3-8-16(23)24/h4-7,9H,2-3,8H2,1H3,(H,22,25)(H,23,24). The van der Waals surface area contributed by atoms with Crippen LogP contribution in [0.25, 0.3) is 0 Å². The summed E-state index contributed by atoms with van der Waals surface area (Å²) in [5.41, 5.74) is 2.33. The molecule has 0 saturated carbocycles. The summed E-state index contributed by atoms with van der Waals surface area (Å²) in [6.45, 7) is 1.91. The molecule has 2 N–H and O–H groups in total. The smallest absolute Gasteiger partial charge is 0.303 e. The number of amides is 1. The van der Waals surface area contributed by atoms with Gasteiger partial charge in [-0.3, -0.25) is 9.59 Å². The number of hydrogen-bond acceptors (Lipinski definition) is 2. The second-order valence-corrected chi connectivity index (χ2v) is 7.09. The number of benzene rings is 2. The predicted octanol–water partition coefficient (Wildman–Crippen LogP) is 5.59. The van der Waals surface area contributed by atoms with E-state index in [1.54, 1.807) is 30.3 Å². The maximum absolute atomic E-state index is 12.6. The zero-order chi connectivity index (χ0) is 18.6. The number of halogens is 3. The Kier molecular flexibility index (Phi) is 6.87. The molecule has 0 aromatic heterocycles. The third-order valence-corrected chi connectivity index (χ3v) is 4.99. The fourth-order valence-corrected chi connectivity index (χ4v) is 3.55. The molecule has 0 bridgehead atoms. The molecule has 2 aromatic carbocycles. The van der Waals surface area contributed by atoms with Gasteiger partial charge in [0.15, 0.2) is 0 Å². The van der Waals surface area contributed by atoms with Crippen LogP contribution in [0.2, 0.25) is 10.0 Å². The molecule has 0 spiro atoms. The van der Waals surface area contributed by atoms with Crippen molar-refractivity contribution in [2.75, 3.05) is 5.32 Å². The van der Waals surface area contributed by atoms with E-state index in [4.69, 9.17) is 28.3 Å². The Morgan fingerprint density at radius 2 is 1.92 bits per heavy atom. The minimum absolute atomic E-state index is 0.0268. The van der Waals surface area contributed by atoms with Crippen molar-refractivity contribution in [1.29, 1.82) is 0 Å². The summed E-state index contributed by atoms with van der Waals surface area (Å²) in [6.07, 6.45) is 0.890. The minimum atomic E-state index is -0.898. The fraction of sp³-hybridized carbons (Fsp3) is 0.222. The van der Waals surface area contributed by atoms with Gasteiger partial charge in [-0.15, -0.1) is 0 Å². The SMILES string of the molecule is CCc1c(Cl)ccc(C(=O)Nc2ccc(Br)cc2CCC(=O)O)c1Cl. The van der Waals surface area contributed by atoms with E-state index in [0.29, 0.717) is 34.1 Å². The Balaban J connectivity index is 2.31. The number of aliphatic carboxylic acids is 1. The normalized spacial score (nSPS) is 10.6. The van der Waals surface area contributed by atoms with E-state index in [1.165, 1.54) is 0 Å². The van der Waals surface area contributed by atoms with Crippen LogP contribution < -0.4 is 5.32 Å². The van der Waals surface area contributed by atoms with Crippen LogP contribution in [-0.2, 0) is 17.6 Å². The largest absolute Gasteiger partial charge is 0.481 e. The van der Waals surface area contributed by atoms with Gasteiger partial charge in [-0.25, -0.2) is 0 Å². The Hall–Kier alpha value is -1.56. The van der Waals surface area contributed by atoms with Gasteiger partial charge in [0.2, 0.25) is 0 Å². The van der Waals surface area contributed by atoms with Gasteiger partial charge < -0.3 is 10.4 Å². The highest BCUT2D eigenvalue weighted by atomic mass is 79.9. The van der Waals surface area contributed by atoms with Crippen LogP contribution >= 0.6 is 39.1 Å². The molecule has 0 aliphatic carbocycles. The lowest BCUT2D eigenvalue weighted by Gasteiger charge is -2.14. The van der Waals surface area contributed by atoms with Crippen LogP contribution in [0, 0.1) is 0 Å². The molecule has 7 heteroatoms. The van der Waals surface area contributed by atoms with Crippen molar-refractivity contribution in [2.45, 2.75) is 26.2 Å². The van der Waals surface area contributed by atoms with Gasteiger partial charge in [0.1, 0.15) is 0 Å². The molecule has 4 nitrogen and oxygen atoms in total. The third kappa shape index (κ3) is 4.97. The number of carboxylic acids is 1. The van der Waals surface area contributed by atoms with Gasteiger partial charge in [-0.1, -0.05) is 46.1 Å². The van der Waals surface area contributed by atoms with Crippen LogP contribution in [0.3, 0.4) is 0 Å². The van der Waals surface area contributed by atoms with Crippen LogP contribution in [0.4, 0.5) is 5.69 Å². The van der Waals surface area contributed by atoms with E-state index in [0.717, 1.165) is 15.6 Å². The van der Waals surface area contributed by atoms with E-state index in [9.17, 15) is 9.59 Å². The van der Waals surface area contributed by atoms with E-state index in [1.807, 2.05) is 6.92 Å². The quantitative estimate of drug-likeness (QED) is 0.610. The third-order valence-electron chi connectivity index (χ3n) is 3.71. The number of aryl methyl sites for hydroxylation is 1. The molecule has 132 valence electrons. The van der Waals surface area contributed by atoms with Crippen molar-refractivity contribution in [3.63, 3.8) is 0 Å². The minimum Gasteiger partial charge on any atom is -0.481 e. The van der Waals surface area contributed by atoms with Crippen molar-refractivity contribution in [3.05, 3.63) is 61.5 Å². The molecular weight excluding hydrogens is 429 g/mol. The number of carbonyl (C=O) groups excluding carboxylic acids is 1. The first-order chi connectivity index (χ1) is 11.8. The molecule has 2 aromatic rings. The van der Waals surface area contributed by atoms with E-state index in [2.05, 4.69) is 21.2 Å². The van der Waals surface area contributed by atoms with Crippen molar-refractivity contribution >= 4 is 56.7 Å². The number of hydrogen-bond donors (Lipinski definition) is 2. The molecule has 0 fully saturated rings. The molecule has 0 aliphatic heterocycles. The van der Waals surface area contributed by atoms with Crippen LogP contribution in [0.15, 0.2) is 34.8 Å². The number of carboxylic acid groups (broad SMARTS) is 1. The van der Waals surface area contributed by atoms with Crippen molar-refractivity contribution < 1.29 is 14.7 Å². The second-order valence-electron chi connectivity index (χ2n) is 5.39. The lowest BCUT2D eigenvalue weighted by molar-refractivity contribution is -0.136. The fourth-order valence-electron chi connectivity index (χ4n) is 2.42. The first kappa shape index (κ1) is 19.8. The van der Waals surface area contributed by atoms with Gasteiger partial charge >= 0.3 is 5.97 Å². The van der Waals surface area contributed by atoms with Crippen LogP contribution in [0.1, 0.15) is 34.8 Å². The Morgan fingerprint density at radius 1 is 1.20 bits per heavy atom. The summed E-state index contributed by atoms with van der Waals surface area (Å²) < 4.78 is 0.809. The van der Waals surface area contributed by atoms with Crippen LogP contribution in [0.5, 0.6) is 0 Å². The van der Waals surface area contributed by atoms with Gasteiger partial charge in [-0.05, 0) is 54.3 Å². The first-order valence-corrected chi connectivity index (χ1v) is 9.16. The van der Waals surface area contributed by atoms with Gasteiger partial charge in [0.05, 0.1) is 10.6 Å². The lowest BCUT2D eigenvalue weighted by atomic mass is 10.1. The van der Waals surface area contributed by atoms with Crippen molar-refractivity contribution in [2.24, 2.45) is 0 Å². The molecule has 1 amide bonds. The second kappa shape index (κ2) is 8.70. The van der Waals surface area contributed by atoms with E-state index < -0.39 is 5.97 Å². The number of anilines is 1. The monoisotopic (exact) mass is 443 g/mol. The molecule has 0 heterocycles. The summed E-state index contributed by atoms with van der Waals surface area (Å²) in [5.74, 6) is -1.26. The summed E-state index contributed by atoms with van der Waals surface area (Å²) in [4.78, 5) is 23.5. The zero-order valence-electron chi connectivity index (χ0n) is 13.4. The topological polar surface area (TPSA) is 66.4 Å². The highest BCUT2D eigenvalue weighted by Crippen LogP contribution is 2.30. The molecular formula is C18H16BrCl2NO3. The Labute approximate surface area is 164 Å². The maximum atomic E-state index is 12.6. The number of rotatable bonds is 6. The molecule has 0 saturated heterocycles. The summed E-state index contributed by atoms with van der Waals surface area (Å²) >= 11 is 15.8. The molecule has 0 atom stereocenters. The first-order valence-electron chi connectivity index (χ1n) is 7.62. The molecule has 0 aliphatic rings. The average Bonchev–Trinajstić information content (AvgIpc) is 2.55. The Bertz CT molecular complexity index is 824. The lowest BCUT2D eigenvalue weighted by Crippen LogP contribution is -2.15. The average molecular weight is 445 g/mol. The van der Waals surface area contributed by atoms with Crippen molar-refractivity contribution in [1.82, 2.24) is 0 Å². The summed E-state index contributed by atoms with van der Waals surface area (Å²) in [5, 5.41) is 12.5. The summed E-state index contributed by atoms with van der Waals surface area (Å²) in [6, 6.07) is 8.52. The Morgan fingerprint density at radius 3 is 2.56 bits per heavy atom. The number of nitrogens with one attached hydrogen (secondary N) is 1.